The highest BCUT2D eigenvalue weighted by molar-refractivity contribution is 5.95. The number of nitrogens with one attached hydrogen (secondary N) is 1. The van der Waals surface area contributed by atoms with Crippen LogP contribution in [0.5, 0.6) is 0 Å². The van der Waals surface area contributed by atoms with E-state index in [2.05, 4.69) is 34.5 Å². The fourth-order valence-electron chi connectivity index (χ4n) is 4.29. The van der Waals surface area contributed by atoms with Crippen molar-refractivity contribution in [2.75, 3.05) is 19.6 Å². The van der Waals surface area contributed by atoms with Crippen LogP contribution in [-0.4, -0.2) is 36.3 Å². The van der Waals surface area contributed by atoms with Gasteiger partial charge in [0.15, 0.2) is 0 Å². The number of primary amides is 1. The highest BCUT2D eigenvalue weighted by atomic mass is 16.2. The molecule has 0 spiro atoms. The summed E-state index contributed by atoms with van der Waals surface area (Å²) in [5.74, 6) is -0.412. The normalized spacial score (nSPS) is 19.1. The third-order valence-corrected chi connectivity index (χ3v) is 6.11. The molecule has 1 aliphatic heterocycles. The zero-order valence-corrected chi connectivity index (χ0v) is 16.1. The van der Waals surface area contributed by atoms with Crippen LogP contribution in [0.3, 0.4) is 0 Å². The summed E-state index contributed by atoms with van der Waals surface area (Å²) in [6, 6.07) is 17.8. The summed E-state index contributed by atoms with van der Waals surface area (Å²) < 4.78 is 0. The Morgan fingerprint density at radius 2 is 1.75 bits per heavy atom. The average Bonchev–Trinajstić information content (AvgIpc) is 3.37. The van der Waals surface area contributed by atoms with Crippen LogP contribution in [0.15, 0.2) is 54.6 Å². The smallest absolute Gasteiger partial charge is 0.248 e. The van der Waals surface area contributed by atoms with Crippen molar-refractivity contribution < 1.29 is 9.59 Å². The van der Waals surface area contributed by atoms with E-state index in [1.165, 1.54) is 18.4 Å². The molecule has 3 N–H and O–H groups in total. The first kappa shape index (κ1) is 18.7. The van der Waals surface area contributed by atoms with Gasteiger partial charge in [-0.2, -0.15) is 0 Å². The van der Waals surface area contributed by atoms with Crippen molar-refractivity contribution in [3.63, 3.8) is 0 Å². The van der Waals surface area contributed by atoms with Crippen molar-refractivity contribution in [2.24, 2.45) is 5.73 Å². The molecule has 1 saturated heterocycles. The molecule has 2 aliphatic rings. The van der Waals surface area contributed by atoms with Gasteiger partial charge < -0.3 is 11.1 Å². The lowest BCUT2D eigenvalue weighted by Crippen LogP contribution is -2.41. The van der Waals surface area contributed by atoms with E-state index in [4.69, 9.17) is 5.73 Å². The maximum absolute atomic E-state index is 13.1. The van der Waals surface area contributed by atoms with Crippen molar-refractivity contribution in [1.82, 2.24) is 10.2 Å². The van der Waals surface area contributed by atoms with Crippen LogP contribution in [0.2, 0.25) is 0 Å². The lowest BCUT2D eigenvalue weighted by atomic mass is 9.93. The van der Waals surface area contributed by atoms with Gasteiger partial charge in [0.05, 0.1) is 11.5 Å². The molecule has 0 aromatic heterocycles. The molecular weight excluding hydrogens is 350 g/mol. The van der Waals surface area contributed by atoms with Crippen LogP contribution in [0.25, 0.3) is 0 Å². The highest BCUT2D eigenvalue weighted by Gasteiger charge is 2.51. The van der Waals surface area contributed by atoms with E-state index in [1.54, 1.807) is 18.2 Å². The quantitative estimate of drug-likeness (QED) is 0.779. The zero-order chi connectivity index (χ0) is 19.6. The predicted molar refractivity (Wildman–Crippen MR) is 109 cm³/mol. The average molecular weight is 377 g/mol. The minimum Gasteiger partial charge on any atom is -0.366 e. The zero-order valence-electron chi connectivity index (χ0n) is 16.1. The van der Waals surface area contributed by atoms with E-state index in [-0.39, 0.29) is 11.9 Å². The van der Waals surface area contributed by atoms with Gasteiger partial charge in [-0.05, 0) is 62.0 Å². The first-order valence-electron chi connectivity index (χ1n) is 10.1. The fraction of sp³-hybridized carbons (Fsp3) is 0.391. The number of nitrogens with two attached hydrogens (primary N) is 1. The van der Waals surface area contributed by atoms with Crippen LogP contribution in [0.4, 0.5) is 0 Å². The minimum absolute atomic E-state index is 0.0502. The van der Waals surface area contributed by atoms with E-state index in [0.29, 0.717) is 12.1 Å². The SMILES string of the molecule is NC(=O)c1cccc(C2(C(=O)NCC(c3ccccc3)N3CCCC3)CC2)c1. The number of hydrogen-bond donors (Lipinski definition) is 2. The van der Waals surface area contributed by atoms with Crippen molar-refractivity contribution in [1.29, 1.82) is 0 Å². The van der Waals surface area contributed by atoms with E-state index >= 15 is 0 Å². The molecule has 1 unspecified atom stereocenters. The van der Waals surface area contributed by atoms with E-state index in [1.807, 2.05) is 12.1 Å². The van der Waals surface area contributed by atoms with Gasteiger partial charge in [0.1, 0.15) is 0 Å². The van der Waals surface area contributed by atoms with Gasteiger partial charge in [-0.3, -0.25) is 14.5 Å². The van der Waals surface area contributed by atoms with Crippen LogP contribution < -0.4 is 11.1 Å². The van der Waals surface area contributed by atoms with Crippen molar-refractivity contribution in [2.45, 2.75) is 37.1 Å². The van der Waals surface area contributed by atoms with Gasteiger partial charge in [-0.15, -0.1) is 0 Å². The van der Waals surface area contributed by atoms with E-state index in [0.717, 1.165) is 31.5 Å². The molecule has 1 saturated carbocycles. The molecule has 146 valence electrons. The van der Waals surface area contributed by atoms with E-state index in [9.17, 15) is 9.59 Å². The van der Waals surface area contributed by atoms with Gasteiger partial charge in [0, 0.05) is 12.1 Å². The van der Waals surface area contributed by atoms with Crippen LogP contribution in [0.1, 0.15) is 53.2 Å². The Morgan fingerprint density at radius 1 is 1.04 bits per heavy atom. The molecule has 5 nitrogen and oxygen atoms in total. The third kappa shape index (κ3) is 3.67. The Labute approximate surface area is 165 Å². The number of likely N-dealkylation sites (tertiary alicyclic amines) is 1. The predicted octanol–water partition coefficient (Wildman–Crippen LogP) is 2.77. The molecule has 2 aromatic rings. The summed E-state index contributed by atoms with van der Waals surface area (Å²) in [6.45, 7) is 2.74. The molecule has 0 radical (unpaired) electrons. The summed E-state index contributed by atoms with van der Waals surface area (Å²) in [5, 5.41) is 3.21. The van der Waals surface area contributed by atoms with Gasteiger partial charge in [0.25, 0.3) is 0 Å². The van der Waals surface area contributed by atoms with Crippen molar-refractivity contribution >= 4 is 11.8 Å². The monoisotopic (exact) mass is 377 g/mol. The first-order chi connectivity index (χ1) is 13.6. The largest absolute Gasteiger partial charge is 0.366 e. The van der Waals surface area contributed by atoms with Crippen LogP contribution in [-0.2, 0) is 10.2 Å². The van der Waals surface area contributed by atoms with Gasteiger partial charge >= 0.3 is 0 Å². The third-order valence-electron chi connectivity index (χ3n) is 6.11. The second kappa shape index (κ2) is 7.76. The molecule has 1 heterocycles. The van der Waals surface area contributed by atoms with Gasteiger partial charge in [-0.1, -0.05) is 42.5 Å². The molecule has 4 rings (SSSR count). The number of amides is 2. The van der Waals surface area contributed by atoms with E-state index < -0.39 is 11.3 Å². The number of benzene rings is 2. The molecule has 28 heavy (non-hydrogen) atoms. The van der Waals surface area contributed by atoms with Crippen LogP contribution in [0, 0.1) is 0 Å². The molecular formula is C23H27N3O2. The summed E-state index contributed by atoms with van der Waals surface area (Å²) in [4.78, 5) is 27.1. The first-order valence-corrected chi connectivity index (χ1v) is 10.1. The Balaban J connectivity index is 1.49. The van der Waals surface area contributed by atoms with Gasteiger partial charge in [-0.25, -0.2) is 0 Å². The molecule has 0 bridgehead atoms. The second-order valence-corrected chi connectivity index (χ2v) is 7.91. The molecule has 2 aromatic carbocycles. The Kier molecular flexibility index (Phi) is 5.18. The number of carbonyl (C=O) groups is 2. The molecule has 2 amide bonds. The summed E-state index contributed by atoms with van der Waals surface area (Å²) in [6.07, 6.45) is 4.03. The highest BCUT2D eigenvalue weighted by Crippen LogP contribution is 2.48. The molecule has 1 atom stereocenters. The Hall–Kier alpha value is -2.66. The molecule has 1 aliphatic carbocycles. The number of nitrogens with zero attached hydrogens (tertiary/aromatic N) is 1. The Morgan fingerprint density at radius 3 is 2.39 bits per heavy atom. The van der Waals surface area contributed by atoms with Gasteiger partial charge in [0.2, 0.25) is 11.8 Å². The topological polar surface area (TPSA) is 75.4 Å². The molecule has 5 heteroatoms. The number of carbonyl (C=O) groups excluding carboxylic acids is 2. The van der Waals surface area contributed by atoms with Crippen molar-refractivity contribution in [3.05, 3.63) is 71.3 Å². The number of hydrogen-bond acceptors (Lipinski definition) is 3. The summed E-state index contributed by atoms with van der Waals surface area (Å²) in [7, 11) is 0. The lowest BCUT2D eigenvalue weighted by Gasteiger charge is -2.29. The number of rotatable bonds is 7. The van der Waals surface area contributed by atoms with Crippen LogP contribution >= 0.6 is 0 Å². The summed E-state index contributed by atoms with van der Waals surface area (Å²) in [5.41, 5.74) is 7.48. The lowest BCUT2D eigenvalue weighted by molar-refractivity contribution is -0.123. The second-order valence-electron chi connectivity index (χ2n) is 7.91. The maximum atomic E-state index is 13.1. The van der Waals surface area contributed by atoms with Crippen molar-refractivity contribution in [3.8, 4) is 0 Å². The molecule has 2 fully saturated rings. The minimum atomic E-state index is -0.516. The standard InChI is InChI=1S/C23H27N3O2/c24-21(27)18-9-6-10-19(15-18)23(11-12-23)22(28)25-16-20(26-13-4-5-14-26)17-7-2-1-3-8-17/h1-3,6-10,15,20H,4-5,11-14,16H2,(H2,24,27)(H,25,28). The summed E-state index contributed by atoms with van der Waals surface area (Å²) >= 11 is 0. The maximum Gasteiger partial charge on any atom is 0.248 e. The Bertz CT molecular complexity index is 855. The fourth-order valence-corrected chi connectivity index (χ4v) is 4.29.